The molecule has 1 heteroatoms. The molecule has 0 aliphatic rings. The zero-order valence-corrected chi connectivity index (χ0v) is 25.2. The minimum absolute atomic E-state index is 0.675. The molecule has 0 atom stereocenters. The van der Waals surface area contributed by atoms with Gasteiger partial charge in [-0.15, -0.1) is 0 Å². The number of hydrogen-bond donors (Lipinski definition) is 0. The SMILES string of the molecule is CCCCCCCCCCCCCCCCCCCCCCCCCCCCCCOCC(C)C. The van der Waals surface area contributed by atoms with Crippen molar-refractivity contribution in [2.45, 2.75) is 201 Å². The van der Waals surface area contributed by atoms with Crippen molar-refractivity contribution < 1.29 is 4.74 Å². The minimum Gasteiger partial charge on any atom is -0.381 e. The fourth-order valence-electron chi connectivity index (χ4n) is 5.19. The lowest BCUT2D eigenvalue weighted by Gasteiger charge is -2.06. The van der Waals surface area contributed by atoms with Crippen molar-refractivity contribution in [2.75, 3.05) is 13.2 Å². The van der Waals surface area contributed by atoms with E-state index in [-0.39, 0.29) is 0 Å². The van der Waals surface area contributed by atoms with Gasteiger partial charge in [0.15, 0.2) is 0 Å². The van der Waals surface area contributed by atoms with E-state index in [9.17, 15) is 0 Å². The van der Waals surface area contributed by atoms with Gasteiger partial charge in [0.2, 0.25) is 0 Å². The highest BCUT2D eigenvalue weighted by Crippen LogP contribution is 2.16. The third-order valence-electron chi connectivity index (χ3n) is 7.59. The Kier molecular flexibility index (Phi) is 32.0. The molecule has 0 N–H and O–H groups in total. The summed E-state index contributed by atoms with van der Waals surface area (Å²) in [4.78, 5) is 0. The molecule has 0 amide bonds. The fourth-order valence-corrected chi connectivity index (χ4v) is 5.19. The van der Waals surface area contributed by atoms with Crippen LogP contribution in [0.3, 0.4) is 0 Å². The first-order valence-corrected chi connectivity index (χ1v) is 16.8. The molecule has 212 valence electrons. The average Bonchev–Trinajstić information content (AvgIpc) is 2.85. The predicted octanol–water partition coefficient (Wildman–Crippen LogP) is 12.6. The van der Waals surface area contributed by atoms with Gasteiger partial charge in [0.1, 0.15) is 0 Å². The van der Waals surface area contributed by atoms with E-state index >= 15 is 0 Å². The molecule has 0 unspecified atom stereocenters. The van der Waals surface area contributed by atoms with Crippen LogP contribution < -0.4 is 0 Å². The molecule has 0 aromatic rings. The molecule has 0 aromatic heterocycles. The summed E-state index contributed by atoms with van der Waals surface area (Å²) in [6.45, 7) is 8.65. The maximum Gasteiger partial charge on any atom is 0.0488 e. The van der Waals surface area contributed by atoms with E-state index in [1.807, 2.05) is 0 Å². The van der Waals surface area contributed by atoms with E-state index in [0.29, 0.717) is 5.92 Å². The monoisotopic (exact) mass is 495 g/mol. The molecular weight excluding hydrogens is 424 g/mol. The molecule has 35 heavy (non-hydrogen) atoms. The maximum absolute atomic E-state index is 5.65. The topological polar surface area (TPSA) is 9.23 Å². The molecule has 1 nitrogen and oxygen atoms in total. The van der Waals surface area contributed by atoms with Crippen LogP contribution in [-0.2, 0) is 4.74 Å². The van der Waals surface area contributed by atoms with Gasteiger partial charge in [0.05, 0.1) is 0 Å². The molecule has 0 spiro atoms. The normalized spacial score (nSPS) is 11.7. The van der Waals surface area contributed by atoms with Crippen molar-refractivity contribution in [1.29, 1.82) is 0 Å². The first-order valence-electron chi connectivity index (χ1n) is 16.8. The molecule has 0 heterocycles. The summed E-state index contributed by atoms with van der Waals surface area (Å²) in [7, 11) is 0. The van der Waals surface area contributed by atoms with E-state index in [2.05, 4.69) is 20.8 Å². The highest BCUT2D eigenvalue weighted by molar-refractivity contribution is 4.52. The van der Waals surface area contributed by atoms with Crippen LogP contribution >= 0.6 is 0 Å². The summed E-state index contributed by atoms with van der Waals surface area (Å²) in [5, 5.41) is 0. The maximum atomic E-state index is 5.65. The van der Waals surface area contributed by atoms with Crippen LogP contribution in [0.2, 0.25) is 0 Å². The quantitative estimate of drug-likeness (QED) is 0.0870. The lowest BCUT2D eigenvalue weighted by atomic mass is 10.0. The summed E-state index contributed by atoms with van der Waals surface area (Å²) in [6, 6.07) is 0. The highest BCUT2D eigenvalue weighted by atomic mass is 16.5. The lowest BCUT2D eigenvalue weighted by molar-refractivity contribution is 0.106. The van der Waals surface area contributed by atoms with Crippen LogP contribution in [-0.4, -0.2) is 13.2 Å². The van der Waals surface area contributed by atoms with Gasteiger partial charge in [-0.25, -0.2) is 0 Å². The smallest absolute Gasteiger partial charge is 0.0488 e. The second kappa shape index (κ2) is 32.0. The Bertz CT molecular complexity index is 350. The molecule has 0 fully saturated rings. The molecule has 0 aliphatic heterocycles. The Morgan fingerprint density at radius 3 is 0.800 bits per heavy atom. The van der Waals surface area contributed by atoms with E-state index < -0.39 is 0 Å². The molecule has 0 saturated carbocycles. The molecule has 0 radical (unpaired) electrons. The van der Waals surface area contributed by atoms with Crippen molar-refractivity contribution in [3.63, 3.8) is 0 Å². The largest absolute Gasteiger partial charge is 0.381 e. The lowest BCUT2D eigenvalue weighted by Crippen LogP contribution is -2.02. The Labute approximate surface area is 224 Å². The van der Waals surface area contributed by atoms with Crippen molar-refractivity contribution in [3.05, 3.63) is 0 Å². The van der Waals surface area contributed by atoms with Gasteiger partial charge in [0.25, 0.3) is 0 Å². The second-order valence-corrected chi connectivity index (χ2v) is 12.0. The Morgan fingerprint density at radius 1 is 0.343 bits per heavy atom. The van der Waals surface area contributed by atoms with E-state index in [1.54, 1.807) is 0 Å². The zero-order chi connectivity index (χ0) is 25.5. The van der Waals surface area contributed by atoms with Crippen LogP contribution in [0.4, 0.5) is 0 Å². The Morgan fingerprint density at radius 2 is 0.571 bits per heavy atom. The van der Waals surface area contributed by atoms with Gasteiger partial charge < -0.3 is 4.74 Å². The molecule has 0 bridgehead atoms. The second-order valence-electron chi connectivity index (χ2n) is 12.0. The third kappa shape index (κ3) is 34.0. The molecule has 0 aromatic carbocycles. The minimum atomic E-state index is 0.675. The van der Waals surface area contributed by atoms with Crippen LogP contribution in [0.1, 0.15) is 201 Å². The first-order chi connectivity index (χ1) is 17.3. The van der Waals surface area contributed by atoms with Gasteiger partial charge in [0, 0.05) is 13.2 Å². The van der Waals surface area contributed by atoms with E-state index in [1.165, 1.54) is 180 Å². The van der Waals surface area contributed by atoms with Crippen LogP contribution in [0, 0.1) is 5.92 Å². The van der Waals surface area contributed by atoms with Gasteiger partial charge >= 0.3 is 0 Å². The summed E-state index contributed by atoms with van der Waals surface area (Å²) < 4.78 is 5.65. The van der Waals surface area contributed by atoms with Crippen molar-refractivity contribution in [1.82, 2.24) is 0 Å². The van der Waals surface area contributed by atoms with Gasteiger partial charge in [-0.3, -0.25) is 0 Å². The average molecular weight is 495 g/mol. The number of unbranched alkanes of at least 4 members (excludes halogenated alkanes) is 27. The Hall–Kier alpha value is -0.0400. The number of ether oxygens (including phenoxy) is 1. The van der Waals surface area contributed by atoms with Gasteiger partial charge in [-0.2, -0.15) is 0 Å². The van der Waals surface area contributed by atoms with Crippen molar-refractivity contribution >= 4 is 0 Å². The Balaban J connectivity index is 3.01. The number of rotatable bonds is 31. The molecule has 0 aliphatic carbocycles. The van der Waals surface area contributed by atoms with Gasteiger partial charge in [-0.1, -0.05) is 194 Å². The van der Waals surface area contributed by atoms with Crippen molar-refractivity contribution in [2.24, 2.45) is 5.92 Å². The standard InChI is InChI=1S/C34H70O/c1-4-5-6-7-8-9-10-11-12-13-14-15-16-17-18-19-20-21-22-23-24-25-26-27-28-29-30-31-32-35-33-34(2)3/h34H,4-33H2,1-3H3. The number of hydrogen-bond acceptors (Lipinski definition) is 1. The van der Waals surface area contributed by atoms with Gasteiger partial charge in [-0.05, 0) is 12.3 Å². The third-order valence-corrected chi connectivity index (χ3v) is 7.59. The first kappa shape index (κ1) is 35.0. The predicted molar refractivity (Wildman–Crippen MR) is 161 cm³/mol. The van der Waals surface area contributed by atoms with Crippen LogP contribution in [0.15, 0.2) is 0 Å². The van der Waals surface area contributed by atoms with Crippen LogP contribution in [0.5, 0.6) is 0 Å². The summed E-state index contributed by atoms with van der Waals surface area (Å²) >= 11 is 0. The van der Waals surface area contributed by atoms with E-state index in [4.69, 9.17) is 4.74 Å². The molecular formula is C34H70O. The van der Waals surface area contributed by atoms with E-state index in [0.717, 1.165) is 13.2 Å². The van der Waals surface area contributed by atoms with Crippen LogP contribution in [0.25, 0.3) is 0 Å². The summed E-state index contributed by atoms with van der Waals surface area (Å²) in [5.41, 5.74) is 0. The summed E-state index contributed by atoms with van der Waals surface area (Å²) in [6.07, 6.45) is 40.9. The molecule has 0 saturated heterocycles. The highest BCUT2D eigenvalue weighted by Gasteiger charge is 1.97. The summed E-state index contributed by atoms with van der Waals surface area (Å²) in [5.74, 6) is 0.675. The van der Waals surface area contributed by atoms with Crippen molar-refractivity contribution in [3.8, 4) is 0 Å². The zero-order valence-electron chi connectivity index (χ0n) is 25.2. The molecule has 0 rings (SSSR count). The fraction of sp³-hybridized carbons (Fsp3) is 1.00.